The first-order valence-electron chi connectivity index (χ1n) is 4.57. The minimum atomic E-state index is -0.233. The largest absolute Gasteiger partial charge is 0.283 e. The summed E-state index contributed by atoms with van der Waals surface area (Å²) in [6, 6.07) is 0. The van der Waals surface area contributed by atoms with Crippen LogP contribution in [-0.4, -0.2) is 18.0 Å². The van der Waals surface area contributed by atoms with Crippen LogP contribution in [0.1, 0.15) is 40.0 Å². The number of hydrogen-bond donors (Lipinski definition) is 1. The van der Waals surface area contributed by atoms with Crippen LogP contribution in [0.25, 0.3) is 0 Å². The summed E-state index contributed by atoms with van der Waals surface area (Å²) in [5.41, 5.74) is -0.233. The van der Waals surface area contributed by atoms with Gasteiger partial charge in [0.05, 0.1) is 0 Å². The number of rotatable bonds is 4. The number of carbonyl (C=O) groups excluding carboxylic acids is 1. The van der Waals surface area contributed by atoms with Crippen LogP contribution in [0.3, 0.4) is 0 Å². The maximum Gasteiger partial charge on any atom is 0.242 e. The van der Waals surface area contributed by atoms with E-state index in [0.717, 1.165) is 19.3 Å². The third-order valence-electron chi connectivity index (χ3n) is 2.80. The highest BCUT2D eigenvalue weighted by Gasteiger charge is 2.34. The molecule has 0 heterocycles. The molecule has 0 aliphatic heterocycles. The van der Waals surface area contributed by atoms with Gasteiger partial charge in [0.15, 0.2) is 0 Å². The maximum atomic E-state index is 11.7. The van der Waals surface area contributed by atoms with Gasteiger partial charge in [0.25, 0.3) is 0 Å². The SMILES string of the molecule is CCC(CC)(CC)C(=O)N(C)N. The highest BCUT2D eigenvalue weighted by Crippen LogP contribution is 2.31. The molecule has 1 amide bonds. The molecule has 12 heavy (non-hydrogen) atoms. The molecular formula is C9H20N2O. The summed E-state index contributed by atoms with van der Waals surface area (Å²) in [6.45, 7) is 6.11. The summed E-state index contributed by atoms with van der Waals surface area (Å²) in [5, 5.41) is 1.20. The van der Waals surface area contributed by atoms with Gasteiger partial charge in [0.2, 0.25) is 5.91 Å². The summed E-state index contributed by atoms with van der Waals surface area (Å²) in [4.78, 5) is 11.7. The van der Waals surface area contributed by atoms with Crippen molar-refractivity contribution in [2.75, 3.05) is 7.05 Å². The van der Waals surface area contributed by atoms with E-state index in [4.69, 9.17) is 5.84 Å². The molecule has 0 radical (unpaired) electrons. The van der Waals surface area contributed by atoms with Crippen LogP contribution in [0, 0.1) is 5.41 Å². The molecule has 0 aromatic rings. The highest BCUT2D eigenvalue weighted by molar-refractivity contribution is 5.81. The summed E-state index contributed by atoms with van der Waals surface area (Å²) >= 11 is 0. The molecule has 0 saturated carbocycles. The molecule has 0 unspecified atom stereocenters. The minimum absolute atomic E-state index is 0.0509. The van der Waals surface area contributed by atoms with Crippen LogP contribution < -0.4 is 5.84 Å². The first kappa shape index (κ1) is 11.4. The average molecular weight is 172 g/mol. The van der Waals surface area contributed by atoms with E-state index in [9.17, 15) is 4.79 Å². The second-order valence-electron chi connectivity index (χ2n) is 3.26. The molecule has 0 atom stereocenters. The molecule has 0 spiro atoms. The van der Waals surface area contributed by atoms with Crippen molar-refractivity contribution >= 4 is 5.91 Å². The monoisotopic (exact) mass is 172 g/mol. The van der Waals surface area contributed by atoms with Crippen molar-refractivity contribution < 1.29 is 4.79 Å². The predicted molar refractivity (Wildman–Crippen MR) is 50.3 cm³/mol. The lowest BCUT2D eigenvalue weighted by molar-refractivity contribution is -0.141. The second kappa shape index (κ2) is 4.45. The van der Waals surface area contributed by atoms with E-state index in [1.54, 1.807) is 7.05 Å². The van der Waals surface area contributed by atoms with Crippen molar-refractivity contribution in [3.8, 4) is 0 Å². The first-order valence-corrected chi connectivity index (χ1v) is 4.57. The Morgan fingerprint density at radius 2 is 1.58 bits per heavy atom. The zero-order chi connectivity index (χ0) is 9.78. The molecule has 3 heteroatoms. The zero-order valence-corrected chi connectivity index (χ0v) is 8.55. The fourth-order valence-electron chi connectivity index (χ4n) is 1.58. The second-order valence-corrected chi connectivity index (χ2v) is 3.26. The van der Waals surface area contributed by atoms with Crippen LogP contribution in [-0.2, 0) is 4.79 Å². The van der Waals surface area contributed by atoms with Crippen molar-refractivity contribution in [2.24, 2.45) is 11.3 Å². The van der Waals surface area contributed by atoms with Crippen molar-refractivity contribution in [1.29, 1.82) is 0 Å². The van der Waals surface area contributed by atoms with Gasteiger partial charge in [-0.15, -0.1) is 0 Å². The van der Waals surface area contributed by atoms with Gasteiger partial charge in [-0.25, -0.2) is 5.84 Å². The van der Waals surface area contributed by atoms with Crippen LogP contribution in [0.5, 0.6) is 0 Å². The molecule has 2 N–H and O–H groups in total. The van der Waals surface area contributed by atoms with Crippen LogP contribution in [0.15, 0.2) is 0 Å². The lowest BCUT2D eigenvalue weighted by Crippen LogP contribution is -2.44. The smallest absolute Gasteiger partial charge is 0.242 e. The molecule has 72 valence electrons. The van der Waals surface area contributed by atoms with Gasteiger partial charge in [-0.05, 0) is 19.3 Å². The predicted octanol–water partition coefficient (Wildman–Crippen LogP) is 1.53. The average Bonchev–Trinajstić information content (AvgIpc) is 2.08. The molecule has 0 aromatic carbocycles. The highest BCUT2D eigenvalue weighted by atomic mass is 16.2. The van der Waals surface area contributed by atoms with E-state index < -0.39 is 0 Å². The van der Waals surface area contributed by atoms with E-state index >= 15 is 0 Å². The van der Waals surface area contributed by atoms with Crippen LogP contribution in [0.2, 0.25) is 0 Å². The Morgan fingerprint density at radius 1 is 1.25 bits per heavy atom. The maximum absolute atomic E-state index is 11.7. The Morgan fingerprint density at radius 3 is 1.67 bits per heavy atom. The van der Waals surface area contributed by atoms with E-state index in [1.165, 1.54) is 5.01 Å². The van der Waals surface area contributed by atoms with Crippen molar-refractivity contribution in [3.05, 3.63) is 0 Å². The van der Waals surface area contributed by atoms with Gasteiger partial charge in [-0.2, -0.15) is 0 Å². The van der Waals surface area contributed by atoms with Crippen molar-refractivity contribution in [1.82, 2.24) is 5.01 Å². The molecule has 0 saturated heterocycles. The molecule has 0 bridgehead atoms. The standard InChI is InChI=1S/C9H20N2O/c1-5-9(6-2,7-3)8(12)11(4)10/h5-7,10H2,1-4H3. The summed E-state index contributed by atoms with van der Waals surface area (Å²) < 4.78 is 0. The fourth-order valence-corrected chi connectivity index (χ4v) is 1.58. The van der Waals surface area contributed by atoms with E-state index in [2.05, 4.69) is 0 Å². The number of carbonyl (C=O) groups is 1. The first-order chi connectivity index (χ1) is 5.54. The molecule has 0 aliphatic rings. The molecule has 0 aromatic heterocycles. The van der Waals surface area contributed by atoms with Gasteiger partial charge in [-0.1, -0.05) is 20.8 Å². The summed E-state index contributed by atoms with van der Waals surface area (Å²) in [5.74, 6) is 5.48. The summed E-state index contributed by atoms with van der Waals surface area (Å²) in [6.07, 6.45) is 2.58. The lowest BCUT2D eigenvalue weighted by atomic mass is 9.79. The molecule has 3 nitrogen and oxygen atoms in total. The third kappa shape index (κ3) is 1.97. The Hall–Kier alpha value is -0.570. The number of hydrogen-bond acceptors (Lipinski definition) is 2. The Labute approximate surface area is 74.9 Å². The van der Waals surface area contributed by atoms with Gasteiger partial charge in [-0.3, -0.25) is 9.80 Å². The van der Waals surface area contributed by atoms with Crippen molar-refractivity contribution in [3.63, 3.8) is 0 Å². The van der Waals surface area contributed by atoms with E-state index in [0.29, 0.717) is 0 Å². The summed E-state index contributed by atoms with van der Waals surface area (Å²) in [7, 11) is 1.61. The number of hydrazine groups is 1. The third-order valence-corrected chi connectivity index (χ3v) is 2.80. The molecule has 0 rings (SSSR count). The van der Waals surface area contributed by atoms with E-state index in [1.807, 2.05) is 20.8 Å². The van der Waals surface area contributed by atoms with Crippen LogP contribution in [0.4, 0.5) is 0 Å². The lowest BCUT2D eigenvalue weighted by Gasteiger charge is -2.31. The van der Waals surface area contributed by atoms with E-state index in [-0.39, 0.29) is 11.3 Å². The fraction of sp³-hybridized carbons (Fsp3) is 0.889. The normalized spacial score (nSPS) is 11.4. The van der Waals surface area contributed by atoms with Gasteiger partial charge < -0.3 is 0 Å². The van der Waals surface area contributed by atoms with Crippen LogP contribution >= 0.6 is 0 Å². The number of nitrogens with two attached hydrogens (primary N) is 1. The van der Waals surface area contributed by atoms with Gasteiger partial charge in [0, 0.05) is 12.5 Å². The number of amides is 1. The topological polar surface area (TPSA) is 46.3 Å². The Kier molecular flexibility index (Phi) is 4.24. The Balaban J connectivity index is 4.59. The molecule has 0 aliphatic carbocycles. The number of nitrogens with zero attached hydrogens (tertiary/aromatic N) is 1. The minimum Gasteiger partial charge on any atom is -0.283 e. The molecule has 0 fully saturated rings. The van der Waals surface area contributed by atoms with Crippen molar-refractivity contribution in [2.45, 2.75) is 40.0 Å². The van der Waals surface area contributed by atoms with Gasteiger partial charge in [0.1, 0.15) is 0 Å². The molecular weight excluding hydrogens is 152 g/mol. The van der Waals surface area contributed by atoms with Gasteiger partial charge >= 0.3 is 0 Å². The Bertz CT molecular complexity index is 142. The zero-order valence-electron chi connectivity index (χ0n) is 8.55. The quantitative estimate of drug-likeness (QED) is 0.397.